The largest absolute Gasteiger partial charge is 0.287 e. The highest BCUT2D eigenvalue weighted by molar-refractivity contribution is 7.99. The third-order valence-electron chi connectivity index (χ3n) is 6.11. The van der Waals surface area contributed by atoms with Crippen LogP contribution in [0.15, 0.2) is 34.2 Å². The molecule has 0 aliphatic heterocycles. The van der Waals surface area contributed by atoms with Gasteiger partial charge in [0.25, 0.3) is 5.56 Å². The van der Waals surface area contributed by atoms with Gasteiger partial charge in [-0.25, -0.2) is 4.98 Å². The van der Waals surface area contributed by atoms with Crippen molar-refractivity contribution in [2.75, 3.05) is 5.75 Å². The van der Waals surface area contributed by atoms with Gasteiger partial charge in [0, 0.05) is 17.5 Å². The summed E-state index contributed by atoms with van der Waals surface area (Å²) in [6.45, 7) is 4.98. The third kappa shape index (κ3) is 3.31. The van der Waals surface area contributed by atoms with Gasteiger partial charge in [-0.15, -0.1) is 6.42 Å². The molecule has 1 fully saturated rings. The predicted octanol–water partition coefficient (Wildman–Crippen LogP) is 5.05. The molecule has 0 N–H and O–H groups in total. The first-order valence-electron chi connectivity index (χ1n) is 10.4. The Morgan fingerprint density at radius 3 is 2.71 bits per heavy atom. The molecule has 0 atom stereocenters. The molecule has 1 heterocycles. The number of terminal acetylenes is 1. The van der Waals surface area contributed by atoms with E-state index in [0.29, 0.717) is 18.2 Å². The van der Waals surface area contributed by atoms with Gasteiger partial charge in [0.15, 0.2) is 5.16 Å². The zero-order valence-corrected chi connectivity index (χ0v) is 17.6. The fourth-order valence-corrected chi connectivity index (χ4v) is 5.65. The Balaban J connectivity index is 1.99. The zero-order valence-electron chi connectivity index (χ0n) is 16.8. The molecule has 1 spiro atoms. The highest BCUT2D eigenvalue weighted by Crippen LogP contribution is 2.48. The number of hydrogen-bond donors (Lipinski definition) is 0. The molecule has 0 radical (unpaired) electrons. The second-order valence-corrected chi connectivity index (χ2v) is 9.54. The van der Waals surface area contributed by atoms with E-state index in [4.69, 9.17) is 11.4 Å². The summed E-state index contributed by atoms with van der Waals surface area (Å²) in [4.78, 5) is 19.0. The van der Waals surface area contributed by atoms with E-state index in [2.05, 4.69) is 44.0 Å². The Labute approximate surface area is 172 Å². The summed E-state index contributed by atoms with van der Waals surface area (Å²) < 4.78 is 1.90. The van der Waals surface area contributed by atoms with E-state index in [1.165, 1.54) is 36.6 Å². The lowest BCUT2D eigenvalue weighted by atomic mass is 9.62. The van der Waals surface area contributed by atoms with Crippen molar-refractivity contribution in [3.05, 3.63) is 45.7 Å². The molecule has 2 aliphatic carbocycles. The predicted molar refractivity (Wildman–Crippen MR) is 117 cm³/mol. The van der Waals surface area contributed by atoms with Crippen molar-refractivity contribution < 1.29 is 0 Å². The van der Waals surface area contributed by atoms with Gasteiger partial charge in [-0.05, 0) is 30.7 Å². The van der Waals surface area contributed by atoms with Crippen LogP contribution in [-0.2, 0) is 18.4 Å². The molecule has 146 valence electrons. The Morgan fingerprint density at radius 2 is 2.00 bits per heavy atom. The molecular formula is C24H28N2OS. The van der Waals surface area contributed by atoms with E-state index in [-0.39, 0.29) is 11.0 Å². The number of fused-ring (bicyclic) bond motifs is 4. The molecule has 3 nitrogen and oxygen atoms in total. The molecule has 0 saturated heterocycles. The van der Waals surface area contributed by atoms with Gasteiger partial charge in [0.1, 0.15) is 0 Å². The van der Waals surface area contributed by atoms with Crippen LogP contribution in [0.4, 0.5) is 0 Å². The number of rotatable bonds is 4. The fraction of sp³-hybridized carbons (Fsp3) is 0.500. The van der Waals surface area contributed by atoms with Crippen LogP contribution in [0.2, 0.25) is 0 Å². The van der Waals surface area contributed by atoms with Crippen molar-refractivity contribution in [3.8, 4) is 23.6 Å². The maximum atomic E-state index is 13.9. The van der Waals surface area contributed by atoms with Crippen molar-refractivity contribution in [2.45, 2.75) is 69.5 Å². The fourth-order valence-electron chi connectivity index (χ4n) is 4.96. The van der Waals surface area contributed by atoms with Gasteiger partial charge in [-0.1, -0.05) is 75.1 Å². The van der Waals surface area contributed by atoms with Crippen LogP contribution in [-0.4, -0.2) is 15.3 Å². The Morgan fingerprint density at radius 1 is 1.25 bits per heavy atom. The van der Waals surface area contributed by atoms with Crippen molar-refractivity contribution in [3.63, 3.8) is 0 Å². The zero-order chi connectivity index (χ0) is 19.7. The lowest BCUT2D eigenvalue weighted by Crippen LogP contribution is -2.43. The van der Waals surface area contributed by atoms with Crippen LogP contribution in [0.3, 0.4) is 0 Å². The standard InChI is InChI=1S/C24H28N2OS/c1-4-14-28-23-25-21-19-11-7-6-10-18(19)15-24(12-8-5-9-13-24)20(21)22(27)26(23)16-17(2)3/h1,6-7,10-11,17H,5,8-9,12-16H2,2-3H3. The SMILES string of the molecule is C#CCSc1nc2c(c(=O)n1CC(C)C)C1(CCCCC1)Cc1ccccc1-2. The Hall–Kier alpha value is -1.99. The monoisotopic (exact) mass is 392 g/mol. The van der Waals surface area contributed by atoms with Crippen molar-refractivity contribution in [2.24, 2.45) is 5.92 Å². The van der Waals surface area contributed by atoms with Gasteiger partial charge >= 0.3 is 0 Å². The van der Waals surface area contributed by atoms with Gasteiger partial charge < -0.3 is 0 Å². The average Bonchev–Trinajstić information content (AvgIpc) is 2.69. The van der Waals surface area contributed by atoms with Crippen molar-refractivity contribution >= 4 is 11.8 Å². The minimum atomic E-state index is -0.0555. The second kappa shape index (κ2) is 7.79. The summed E-state index contributed by atoms with van der Waals surface area (Å²) in [6, 6.07) is 8.49. The van der Waals surface area contributed by atoms with Gasteiger partial charge in [0.2, 0.25) is 0 Å². The van der Waals surface area contributed by atoms with Crippen LogP contribution < -0.4 is 5.56 Å². The lowest BCUT2D eigenvalue weighted by molar-refractivity contribution is 0.281. The second-order valence-electron chi connectivity index (χ2n) is 8.60. The molecular weight excluding hydrogens is 364 g/mol. The molecule has 1 aromatic carbocycles. The van der Waals surface area contributed by atoms with E-state index < -0.39 is 0 Å². The molecule has 2 aromatic rings. The summed E-state index contributed by atoms with van der Waals surface area (Å²) in [5, 5.41) is 0.762. The number of benzene rings is 1. The smallest absolute Gasteiger partial charge is 0.258 e. The highest BCUT2D eigenvalue weighted by atomic mass is 32.2. The summed E-state index contributed by atoms with van der Waals surface area (Å²) in [6.07, 6.45) is 12.3. The number of nitrogens with zero attached hydrogens (tertiary/aromatic N) is 2. The van der Waals surface area contributed by atoms with Crippen LogP contribution in [0.5, 0.6) is 0 Å². The first-order valence-corrected chi connectivity index (χ1v) is 11.3. The minimum Gasteiger partial charge on any atom is -0.287 e. The molecule has 0 bridgehead atoms. The summed E-state index contributed by atoms with van der Waals surface area (Å²) in [5.41, 5.74) is 4.45. The Kier molecular flexibility index (Phi) is 5.38. The maximum Gasteiger partial charge on any atom is 0.258 e. The van der Waals surface area contributed by atoms with Gasteiger partial charge in [-0.2, -0.15) is 0 Å². The molecule has 1 saturated carbocycles. The topological polar surface area (TPSA) is 34.9 Å². The molecule has 0 amide bonds. The number of thioether (sulfide) groups is 1. The maximum absolute atomic E-state index is 13.9. The Bertz CT molecular complexity index is 977. The van der Waals surface area contributed by atoms with Gasteiger partial charge in [-0.3, -0.25) is 9.36 Å². The van der Waals surface area contributed by atoms with E-state index in [9.17, 15) is 4.79 Å². The van der Waals surface area contributed by atoms with Crippen LogP contribution in [0.1, 0.15) is 57.1 Å². The van der Waals surface area contributed by atoms with Gasteiger partial charge in [0.05, 0.1) is 17.0 Å². The summed E-state index contributed by atoms with van der Waals surface area (Å²) >= 11 is 1.50. The number of hydrogen-bond acceptors (Lipinski definition) is 3. The molecule has 4 rings (SSSR count). The quantitative estimate of drug-likeness (QED) is 0.415. The first kappa shape index (κ1) is 19.3. The van der Waals surface area contributed by atoms with Crippen molar-refractivity contribution in [1.82, 2.24) is 9.55 Å². The normalized spacial score (nSPS) is 17.2. The highest BCUT2D eigenvalue weighted by Gasteiger charge is 2.43. The molecule has 1 aromatic heterocycles. The molecule has 4 heteroatoms. The summed E-state index contributed by atoms with van der Waals surface area (Å²) in [5.74, 6) is 3.58. The molecule has 2 aliphatic rings. The van der Waals surface area contributed by atoms with E-state index in [0.717, 1.165) is 41.2 Å². The van der Waals surface area contributed by atoms with Crippen molar-refractivity contribution in [1.29, 1.82) is 0 Å². The summed E-state index contributed by atoms with van der Waals surface area (Å²) in [7, 11) is 0. The van der Waals surface area contributed by atoms with Crippen LogP contribution in [0, 0.1) is 18.3 Å². The average molecular weight is 393 g/mol. The van der Waals surface area contributed by atoms with Crippen LogP contribution in [0.25, 0.3) is 11.3 Å². The van der Waals surface area contributed by atoms with E-state index >= 15 is 0 Å². The number of aromatic nitrogens is 2. The lowest BCUT2D eigenvalue weighted by Gasteiger charge is -2.42. The third-order valence-corrected chi connectivity index (χ3v) is 6.99. The molecule has 28 heavy (non-hydrogen) atoms. The van der Waals surface area contributed by atoms with E-state index in [1.54, 1.807) is 0 Å². The first-order chi connectivity index (χ1) is 13.6. The van der Waals surface area contributed by atoms with E-state index in [1.807, 2.05) is 4.57 Å². The minimum absolute atomic E-state index is 0.0555. The molecule has 0 unspecified atom stereocenters. The van der Waals surface area contributed by atoms with Crippen LogP contribution >= 0.6 is 11.8 Å².